The van der Waals surface area contributed by atoms with E-state index in [1.165, 1.54) is 49.7 Å². The van der Waals surface area contributed by atoms with Crippen LogP contribution in [0.1, 0.15) is 49.7 Å². The smallest absolute Gasteiger partial charge is 0.147 e. The predicted octanol–water partition coefficient (Wildman–Crippen LogP) is 4.44. The van der Waals surface area contributed by atoms with Crippen molar-refractivity contribution in [3.8, 4) is 0 Å². The van der Waals surface area contributed by atoms with Gasteiger partial charge in [0.25, 0.3) is 0 Å². The summed E-state index contributed by atoms with van der Waals surface area (Å²) in [5, 5.41) is 0. The largest absolute Gasteiger partial charge is 0.414 e. The first-order chi connectivity index (χ1) is 12.3. The van der Waals surface area contributed by atoms with Crippen molar-refractivity contribution in [1.29, 1.82) is 0 Å². The summed E-state index contributed by atoms with van der Waals surface area (Å²) in [4.78, 5) is 0. The fourth-order valence-electron chi connectivity index (χ4n) is 7.12. The van der Waals surface area contributed by atoms with Crippen LogP contribution in [0.25, 0.3) is 0 Å². The molecule has 0 aromatic heterocycles. The maximum atomic E-state index is 6.73. The lowest BCUT2D eigenvalue weighted by molar-refractivity contribution is -0.151. The highest BCUT2D eigenvalue weighted by atomic mass is 28.2. The zero-order chi connectivity index (χ0) is 16.9. The molecule has 4 saturated carbocycles. The van der Waals surface area contributed by atoms with E-state index < -0.39 is 0 Å². The fraction of sp³-hybridized carbons (Fsp3) is 0.478. The molecule has 0 atom stereocenters. The van der Waals surface area contributed by atoms with Gasteiger partial charge in [0.2, 0.25) is 0 Å². The van der Waals surface area contributed by atoms with Crippen LogP contribution >= 0.6 is 0 Å². The van der Waals surface area contributed by atoms with Crippen molar-refractivity contribution in [2.75, 3.05) is 0 Å². The van der Waals surface area contributed by atoms with Crippen molar-refractivity contribution in [3.05, 3.63) is 71.8 Å². The normalized spacial score (nSPS) is 33.7. The summed E-state index contributed by atoms with van der Waals surface area (Å²) in [5.74, 6) is 2.78. The molecular formula is C23H28OSi. The summed E-state index contributed by atoms with van der Waals surface area (Å²) in [6.45, 7) is 0. The van der Waals surface area contributed by atoms with Gasteiger partial charge in [-0.05, 0) is 67.4 Å². The van der Waals surface area contributed by atoms with Gasteiger partial charge < -0.3 is 4.43 Å². The first-order valence-corrected chi connectivity index (χ1v) is 10.7. The molecule has 0 spiro atoms. The lowest BCUT2D eigenvalue weighted by atomic mass is 9.44. The van der Waals surface area contributed by atoms with E-state index in [0.29, 0.717) is 0 Å². The second kappa shape index (κ2) is 5.82. The summed E-state index contributed by atoms with van der Waals surface area (Å²) in [5.41, 5.74) is 2.78. The molecule has 0 amide bonds. The second-order valence-corrected chi connectivity index (χ2v) is 9.22. The molecule has 4 aliphatic carbocycles. The van der Waals surface area contributed by atoms with E-state index in [2.05, 4.69) is 60.7 Å². The van der Waals surface area contributed by atoms with Crippen LogP contribution in [0.2, 0.25) is 0 Å². The molecule has 0 N–H and O–H groups in total. The molecule has 2 aromatic rings. The van der Waals surface area contributed by atoms with Crippen molar-refractivity contribution in [2.45, 2.75) is 44.1 Å². The van der Waals surface area contributed by atoms with Crippen molar-refractivity contribution < 1.29 is 4.43 Å². The zero-order valence-corrected chi connectivity index (χ0v) is 17.2. The molecule has 1 nitrogen and oxygen atoms in total. The SMILES string of the molecule is [SiH3]OC(c1ccccc1)(c1ccccc1)C12CC3CC(CC(C3)C1)C2. The molecule has 25 heavy (non-hydrogen) atoms. The quantitative estimate of drug-likeness (QED) is 0.742. The average Bonchev–Trinajstić information content (AvgIpc) is 2.63. The van der Waals surface area contributed by atoms with E-state index in [1.54, 1.807) is 0 Å². The van der Waals surface area contributed by atoms with Gasteiger partial charge in [-0.25, -0.2) is 0 Å². The summed E-state index contributed by atoms with van der Waals surface area (Å²) >= 11 is 0. The molecule has 0 aliphatic heterocycles. The van der Waals surface area contributed by atoms with Gasteiger partial charge in [0.1, 0.15) is 16.1 Å². The van der Waals surface area contributed by atoms with Crippen LogP contribution in [-0.2, 0) is 10.0 Å². The topological polar surface area (TPSA) is 9.23 Å². The number of benzene rings is 2. The maximum Gasteiger partial charge on any atom is 0.147 e. The molecule has 0 unspecified atom stereocenters. The van der Waals surface area contributed by atoms with Gasteiger partial charge >= 0.3 is 0 Å². The Morgan fingerprint density at radius 3 is 1.48 bits per heavy atom. The molecule has 0 radical (unpaired) electrons. The monoisotopic (exact) mass is 348 g/mol. The van der Waals surface area contributed by atoms with Gasteiger partial charge in [0, 0.05) is 5.41 Å². The predicted molar refractivity (Wildman–Crippen MR) is 105 cm³/mol. The second-order valence-electron chi connectivity index (χ2n) is 8.82. The van der Waals surface area contributed by atoms with Gasteiger partial charge in [-0.3, -0.25) is 0 Å². The van der Waals surface area contributed by atoms with Gasteiger partial charge in [0.15, 0.2) is 0 Å². The minimum absolute atomic E-state index is 0.252. The van der Waals surface area contributed by atoms with Crippen molar-refractivity contribution >= 4 is 10.5 Å². The molecule has 0 heterocycles. The Kier molecular flexibility index (Phi) is 3.69. The number of rotatable bonds is 4. The van der Waals surface area contributed by atoms with Crippen molar-refractivity contribution in [1.82, 2.24) is 0 Å². The third-order valence-electron chi connectivity index (χ3n) is 7.45. The molecule has 2 heteroatoms. The highest BCUT2D eigenvalue weighted by Crippen LogP contribution is 2.67. The number of hydrogen-bond donors (Lipinski definition) is 0. The Morgan fingerprint density at radius 2 is 1.12 bits per heavy atom. The first-order valence-electron chi connectivity index (χ1n) is 9.92. The standard InChI is InChI=1S/C23H28OSi/c25-24-23(20-7-3-1-4-8-20,21-9-5-2-6-10-21)22-14-17-11-18(15-22)13-19(12-17)16-22/h1-10,17-19H,11-16H2,25H3. The lowest BCUT2D eigenvalue weighted by Gasteiger charge is -2.63. The molecule has 4 bridgehead atoms. The Morgan fingerprint density at radius 1 is 0.720 bits per heavy atom. The third-order valence-corrected chi connectivity index (χ3v) is 8.06. The average molecular weight is 349 g/mol. The minimum atomic E-state index is -0.252. The van der Waals surface area contributed by atoms with Crippen LogP contribution < -0.4 is 0 Å². The van der Waals surface area contributed by atoms with Crippen molar-refractivity contribution in [2.24, 2.45) is 23.2 Å². The summed E-state index contributed by atoms with van der Waals surface area (Å²) in [6, 6.07) is 22.3. The molecule has 2 aromatic carbocycles. The van der Waals surface area contributed by atoms with Crippen LogP contribution in [-0.4, -0.2) is 10.5 Å². The van der Waals surface area contributed by atoms with Crippen LogP contribution in [0.3, 0.4) is 0 Å². The molecule has 4 aliphatic rings. The Hall–Kier alpha value is -1.38. The zero-order valence-electron chi connectivity index (χ0n) is 15.2. The highest BCUT2D eigenvalue weighted by Gasteiger charge is 2.61. The van der Waals surface area contributed by atoms with Crippen LogP contribution in [0.15, 0.2) is 60.7 Å². The Labute approximate surface area is 154 Å². The van der Waals surface area contributed by atoms with E-state index in [1.807, 2.05) is 0 Å². The fourth-order valence-corrected chi connectivity index (χ4v) is 8.02. The highest BCUT2D eigenvalue weighted by molar-refractivity contribution is 5.98. The van der Waals surface area contributed by atoms with E-state index in [-0.39, 0.29) is 11.0 Å². The summed E-state index contributed by atoms with van der Waals surface area (Å²) in [6.07, 6.45) is 8.47. The van der Waals surface area contributed by atoms with E-state index in [9.17, 15) is 0 Å². The molecular weight excluding hydrogens is 320 g/mol. The summed E-state index contributed by atoms with van der Waals surface area (Å²) < 4.78 is 6.73. The molecule has 0 saturated heterocycles. The Bertz CT molecular complexity index is 664. The van der Waals surface area contributed by atoms with E-state index in [0.717, 1.165) is 28.2 Å². The molecule has 130 valence electrons. The summed E-state index contributed by atoms with van der Waals surface area (Å²) in [7, 11) is 0.762. The van der Waals surface area contributed by atoms with E-state index in [4.69, 9.17) is 4.43 Å². The van der Waals surface area contributed by atoms with Gasteiger partial charge in [0.05, 0.1) is 0 Å². The third kappa shape index (κ3) is 2.23. The lowest BCUT2D eigenvalue weighted by Crippen LogP contribution is -2.58. The number of hydrogen-bond acceptors (Lipinski definition) is 1. The van der Waals surface area contributed by atoms with E-state index >= 15 is 0 Å². The Balaban J connectivity index is 1.73. The van der Waals surface area contributed by atoms with Gasteiger partial charge in [-0.2, -0.15) is 0 Å². The van der Waals surface area contributed by atoms with Gasteiger partial charge in [-0.15, -0.1) is 0 Å². The van der Waals surface area contributed by atoms with Crippen LogP contribution in [0, 0.1) is 23.2 Å². The van der Waals surface area contributed by atoms with Gasteiger partial charge in [-0.1, -0.05) is 60.7 Å². The molecule has 4 fully saturated rings. The molecule has 6 rings (SSSR count). The first kappa shape index (κ1) is 15.8. The van der Waals surface area contributed by atoms with Crippen LogP contribution in [0.4, 0.5) is 0 Å². The minimum Gasteiger partial charge on any atom is -0.414 e. The van der Waals surface area contributed by atoms with Crippen molar-refractivity contribution in [3.63, 3.8) is 0 Å². The van der Waals surface area contributed by atoms with Crippen LogP contribution in [0.5, 0.6) is 0 Å². The maximum absolute atomic E-state index is 6.73.